The Kier molecular flexibility index (Phi) is 15.1. The van der Waals surface area contributed by atoms with Gasteiger partial charge in [-0.3, -0.25) is 0 Å². The van der Waals surface area contributed by atoms with Crippen molar-refractivity contribution in [3.63, 3.8) is 0 Å². The number of alkyl halides is 3. The number of rotatable bonds is 12. The molecule has 0 saturated carbocycles. The molecule has 28 heavy (non-hydrogen) atoms. The molecule has 0 radical (unpaired) electrons. The van der Waals surface area contributed by atoms with Crippen LogP contribution in [0.1, 0.15) is 18.1 Å². The number of methoxy groups -OCH3 is 1. The normalized spacial score (nSPS) is 11.8. The lowest BCUT2D eigenvalue weighted by molar-refractivity contribution is -0.176. The molecule has 0 saturated heterocycles. The summed E-state index contributed by atoms with van der Waals surface area (Å²) < 4.78 is 51.1. The standard InChI is InChI=1S/C18H28F3N3O3.HI/c1-3-22-17(23-8-9-26-11-10-25-2)24-12-15-4-6-16(7-5-15)13-27-14-18(19,20)21;/h4-7H,3,8-14H2,1-2H3,(H2,22,23,24);1H. The molecule has 0 heterocycles. The molecule has 0 aliphatic rings. The summed E-state index contributed by atoms with van der Waals surface area (Å²) in [7, 11) is 1.62. The highest BCUT2D eigenvalue weighted by atomic mass is 127. The van der Waals surface area contributed by atoms with Crippen molar-refractivity contribution in [1.82, 2.24) is 10.6 Å². The molecule has 1 aromatic carbocycles. The average Bonchev–Trinajstić information content (AvgIpc) is 2.62. The van der Waals surface area contributed by atoms with Crippen LogP contribution >= 0.6 is 24.0 Å². The molecule has 162 valence electrons. The maximum atomic E-state index is 12.1. The molecule has 0 fully saturated rings. The minimum absolute atomic E-state index is 0. The molecular formula is C18H29F3IN3O3. The Morgan fingerprint density at radius 3 is 2.29 bits per heavy atom. The topological polar surface area (TPSA) is 64.1 Å². The van der Waals surface area contributed by atoms with Gasteiger partial charge in [0.15, 0.2) is 5.96 Å². The lowest BCUT2D eigenvalue weighted by Crippen LogP contribution is -2.39. The van der Waals surface area contributed by atoms with Gasteiger partial charge in [0.2, 0.25) is 0 Å². The SMILES string of the molecule is CCNC(=NCc1ccc(COCC(F)(F)F)cc1)NCCOCCOC.I. The van der Waals surface area contributed by atoms with E-state index in [0.717, 1.165) is 12.1 Å². The molecule has 0 atom stereocenters. The number of guanidine groups is 1. The number of nitrogens with one attached hydrogen (secondary N) is 2. The number of aliphatic imine (C=N–C) groups is 1. The molecule has 0 bridgehead atoms. The van der Waals surface area contributed by atoms with Crippen molar-refractivity contribution in [3.05, 3.63) is 35.4 Å². The van der Waals surface area contributed by atoms with Crippen LogP contribution in [-0.2, 0) is 27.4 Å². The van der Waals surface area contributed by atoms with Crippen LogP contribution in [0.3, 0.4) is 0 Å². The third kappa shape index (κ3) is 14.0. The van der Waals surface area contributed by atoms with Crippen LogP contribution in [0, 0.1) is 0 Å². The monoisotopic (exact) mass is 519 g/mol. The Morgan fingerprint density at radius 1 is 1.00 bits per heavy atom. The third-order valence-electron chi connectivity index (χ3n) is 3.29. The van der Waals surface area contributed by atoms with Crippen LogP contribution in [0.25, 0.3) is 0 Å². The van der Waals surface area contributed by atoms with Crippen molar-refractivity contribution < 1.29 is 27.4 Å². The lowest BCUT2D eigenvalue weighted by atomic mass is 10.1. The third-order valence-corrected chi connectivity index (χ3v) is 3.29. The van der Waals surface area contributed by atoms with Crippen molar-refractivity contribution in [2.45, 2.75) is 26.3 Å². The largest absolute Gasteiger partial charge is 0.411 e. The van der Waals surface area contributed by atoms with E-state index in [9.17, 15) is 13.2 Å². The Balaban J connectivity index is 0.00000729. The molecule has 0 spiro atoms. The molecule has 0 aliphatic carbocycles. The second-order valence-corrected chi connectivity index (χ2v) is 5.65. The fourth-order valence-electron chi connectivity index (χ4n) is 2.02. The molecule has 0 amide bonds. The quantitative estimate of drug-likeness (QED) is 0.193. The summed E-state index contributed by atoms with van der Waals surface area (Å²) in [6.45, 7) is 4.10. The van der Waals surface area contributed by atoms with E-state index in [1.54, 1.807) is 19.2 Å². The maximum absolute atomic E-state index is 12.1. The summed E-state index contributed by atoms with van der Waals surface area (Å²) in [6.07, 6.45) is -4.31. The van der Waals surface area contributed by atoms with Crippen LogP contribution in [0.5, 0.6) is 0 Å². The van der Waals surface area contributed by atoms with E-state index in [2.05, 4.69) is 20.4 Å². The molecule has 0 aliphatic heterocycles. The van der Waals surface area contributed by atoms with E-state index < -0.39 is 12.8 Å². The van der Waals surface area contributed by atoms with Gasteiger partial charge in [-0.15, -0.1) is 24.0 Å². The number of hydrogen-bond acceptors (Lipinski definition) is 4. The number of ether oxygens (including phenoxy) is 3. The second-order valence-electron chi connectivity index (χ2n) is 5.65. The molecule has 0 unspecified atom stereocenters. The number of nitrogens with zero attached hydrogens (tertiary/aromatic N) is 1. The zero-order chi connectivity index (χ0) is 20.0. The van der Waals surface area contributed by atoms with E-state index in [4.69, 9.17) is 9.47 Å². The summed E-state index contributed by atoms with van der Waals surface area (Å²) in [5, 5.41) is 6.31. The molecule has 6 nitrogen and oxygen atoms in total. The van der Waals surface area contributed by atoms with Gasteiger partial charge >= 0.3 is 6.18 Å². The molecule has 1 aromatic rings. The molecule has 1 rings (SSSR count). The van der Waals surface area contributed by atoms with Crippen molar-refractivity contribution in [2.75, 3.05) is 46.6 Å². The summed E-state index contributed by atoms with van der Waals surface area (Å²) >= 11 is 0. The zero-order valence-electron chi connectivity index (χ0n) is 16.2. The van der Waals surface area contributed by atoms with Crippen LogP contribution in [0.4, 0.5) is 13.2 Å². The summed E-state index contributed by atoms with van der Waals surface area (Å²) in [6, 6.07) is 7.14. The van der Waals surface area contributed by atoms with Gasteiger partial charge in [0.1, 0.15) is 6.61 Å². The van der Waals surface area contributed by atoms with Gasteiger partial charge in [-0.25, -0.2) is 4.99 Å². The smallest absolute Gasteiger partial charge is 0.382 e. The van der Waals surface area contributed by atoms with E-state index in [1.165, 1.54) is 0 Å². The highest BCUT2D eigenvalue weighted by molar-refractivity contribution is 14.0. The van der Waals surface area contributed by atoms with Gasteiger partial charge in [0.05, 0.1) is 33.0 Å². The molecule has 2 N–H and O–H groups in total. The number of benzene rings is 1. The van der Waals surface area contributed by atoms with Crippen LogP contribution < -0.4 is 10.6 Å². The average molecular weight is 519 g/mol. The highest BCUT2D eigenvalue weighted by Gasteiger charge is 2.27. The lowest BCUT2D eigenvalue weighted by Gasteiger charge is -2.11. The Hall–Kier alpha value is -1.11. The predicted molar refractivity (Wildman–Crippen MR) is 113 cm³/mol. The van der Waals surface area contributed by atoms with Gasteiger partial charge in [0.25, 0.3) is 0 Å². The number of halogens is 4. The first-order chi connectivity index (χ1) is 12.9. The van der Waals surface area contributed by atoms with Crippen molar-refractivity contribution in [3.8, 4) is 0 Å². The fourth-order valence-corrected chi connectivity index (χ4v) is 2.02. The Morgan fingerprint density at radius 2 is 1.68 bits per heavy atom. The summed E-state index contributed by atoms with van der Waals surface area (Å²) in [4.78, 5) is 4.48. The Labute approximate surface area is 181 Å². The van der Waals surface area contributed by atoms with Gasteiger partial charge in [-0.2, -0.15) is 13.2 Å². The minimum atomic E-state index is -4.31. The van der Waals surface area contributed by atoms with Crippen LogP contribution in [0.15, 0.2) is 29.3 Å². The zero-order valence-corrected chi connectivity index (χ0v) is 18.5. The van der Waals surface area contributed by atoms with Gasteiger partial charge < -0.3 is 24.8 Å². The Bertz CT molecular complexity index is 543. The maximum Gasteiger partial charge on any atom is 0.411 e. The van der Waals surface area contributed by atoms with Crippen LogP contribution in [-0.4, -0.2) is 58.8 Å². The summed E-state index contributed by atoms with van der Waals surface area (Å²) in [5.74, 6) is 0.672. The van der Waals surface area contributed by atoms with Crippen molar-refractivity contribution in [1.29, 1.82) is 0 Å². The van der Waals surface area contributed by atoms with E-state index in [-0.39, 0.29) is 30.6 Å². The highest BCUT2D eigenvalue weighted by Crippen LogP contribution is 2.16. The number of hydrogen-bond donors (Lipinski definition) is 2. The second kappa shape index (κ2) is 15.8. The van der Waals surface area contributed by atoms with Gasteiger partial charge in [0, 0.05) is 20.2 Å². The van der Waals surface area contributed by atoms with Gasteiger partial charge in [-0.1, -0.05) is 24.3 Å². The first kappa shape index (κ1) is 26.9. The first-order valence-electron chi connectivity index (χ1n) is 8.75. The summed E-state index contributed by atoms with van der Waals surface area (Å²) in [5.41, 5.74) is 1.63. The molecular weight excluding hydrogens is 490 g/mol. The molecule has 10 heteroatoms. The fraction of sp³-hybridized carbons (Fsp3) is 0.611. The minimum Gasteiger partial charge on any atom is -0.382 e. The van der Waals surface area contributed by atoms with Crippen molar-refractivity contribution >= 4 is 29.9 Å². The van der Waals surface area contributed by atoms with Crippen LogP contribution in [0.2, 0.25) is 0 Å². The van der Waals surface area contributed by atoms with E-state index >= 15 is 0 Å². The van der Waals surface area contributed by atoms with E-state index in [1.807, 2.05) is 19.1 Å². The first-order valence-corrected chi connectivity index (χ1v) is 8.75. The molecule has 0 aromatic heterocycles. The van der Waals surface area contributed by atoms with Gasteiger partial charge in [-0.05, 0) is 18.1 Å². The van der Waals surface area contributed by atoms with Crippen molar-refractivity contribution in [2.24, 2.45) is 4.99 Å². The van der Waals surface area contributed by atoms with E-state index in [0.29, 0.717) is 44.4 Å². The predicted octanol–water partition coefficient (Wildman–Crippen LogP) is 3.10.